The molecule has 3 N–H and O–H groups in total. The van der Waals surface area contributed by atoms with Gasteiger partial charge in [-0.15, -0.1) is 11.3 Å². The van der Waals surface area contributed by atoms with E-state index in [0.717, 1.165) is 11.0 Å². The Kier molecular flexibility index (Phi) is 6.95. The quantitative estimate of drug-likeness (QED) is 0.352. The van der Waals surface area contributed by atoms with Gasteiger partial charge in [-0.1, -0.05) is 12.6 Å². The van der Waals surface area contributed by atoms with Crippen molar-refractivity contribution in [1.29, 1.82) is 0 Å². The van der Waals surface area contributed by atoms with Crippen LogP contribution in [0.15, 0.2) is 82.0 Å². The van der Waals surface area contributed by atoms with Gasteiger partial charge in [0.2, 0.25) is 0 Å². The standard InChI is InChI=1S/C22H23F3N4O2S/c1-4-27-20(30)14(2)21(29(26)12-18-6-5-9-32-18)28-11-17(16-7-8-31-13-16)10-19(15(28)3)22(23,24)25/h5-11,13H,3-4,12,26H2,1-2H3,(H,27,30)/b21-14-. The number of hydrogen-bond donors (Lipinski definition) is 2. The van der Waals surface area contributed by atoms with Crippen molar-refractivity contribution in [1.82, 2.24) is 15.2 Å². The lowest BCUT2D eigenvalue weighted by Crippen LogP contribution is -2.41. The number of nitrogens with one attached hydrogen (secondary N) is 1. The number of hydrogen-bond acceptors (Lipinski definition) is 6. The second-order valence-corrected chi connectivity index (χ2v) is 8.02. The third kappa shape index (κ3) is 4.97. The molecular formula is C22H23F3N4O2S. The molecule has 2 aromatic rings. The predicted molar refractivity (Wildman–Crippen MR) is 117 cm³/mol. The highest BCUT2D eigenvalue weighted by molar-refractivity contribution is 7.09. The van der Waals surface area contributed by atoms with Gasteiger partial charge in [0.05, 0.1) is 35.9 Å². The molecule has 3 rings (SSSR count). The minimum atomic E-state index is -4.67. The van der Waals surface area contributed by atoms with E-state index in [2.05, 4.69) is 11.9 Å². The molecular weight excluding hydrogens is 441 g/mol. The van der Waals surface area contributed by atoms with Crippen LogP contribution in [0.2, 0.25) is 0 Å². The minimum Gasteiger partial charge on any atom is -0.472 e. The number of amides is 1. The lowest BCUT2D eigenvalue weighted by Gasteiger charge is -2.36. The number of thiophene rings is 1. The first-order valence-corrected chi connectivity index (χ1v) is 10.6. The van der Waals surface area contributed by atoms with Gasteiger partial charge in [-0.3, -0.25) is 9.80 Å². The Morgan fingerprint density at radius 1 is 1.38 bits per heavy atom. The topological polar surface area (TPSA) is 74.7 Å². The maximum Gasteiger partial charge on any atom is 0.418 e. The summed E-state index contributed by atoms with van der Waals surface area (Å²) in [5, 5.41) is 5.79. The van der Waals surface area contributed by atoms with E-state index in [1.165, 1.54) is 46.9 Å². The lowest BCUT2D eigenvalue weighted by molar-refractivity contribution is -0.117. The second-order valence-electron chi connectivity index (χ2n) is 6.98. The molecule has 2 aromatic heterocycles. The van der Waals surface area contributed by atoms with E-state index in [-0.39, 0.29) is 29.2 Å². The number of allylic oxidation sites excluding steroid dienone is 3. The summed E-state index contributed by atoms with van der Waals surface area (Å²) in [6.07, 6.45) is 0.510. The third-order valence-corrected chi connectivity index (χ3v) is 5.61. The van der Waals surface area contributed by atoms with E-state index in [0.29, 0.717) is 12.1 Å². The third-order valence-electron chi connectivity index (χ3n) is 4.75. The minimum absolute atomic E-state index is 0.0881. The first-order chi connectivity index (χ1) is 15.1. The van der Waals surface area contributed by atoms with E-state index < -0.39 is 17.7 Å². The van der Waals surface area contributed by atoms with E-state index in [9.17, 15) is 18.0 Å². The molecule has 0 saturated carbocycles. The highest BCUT2D eigenvalue weighted by Crippen LogP contribution is 2.40. The largest absolute Gasteiger partial charge is 0.472 e. The van der Waals surface area contributed by atoms with Crippen LogP contribution in [0.3, 0.4) is 0 Å². The zero-order chi connectivity index (χ0) is 23.5. The van der Waals surface area contributed by atoms with Crippen LogP contribution in [0.25, 0.3) is 5.57 Å². The first kappa shape index (κ1) is 23.4. The van der Waals surface area contributed by atoms with Crippen LogP contribution in [0.5, 0.6) is 0 Å². The molecule has 32 heavy (non-hydrogen) atoms. The Morgan fingerprint density at radius 3 is 2.69 bits per heavy atom. The van der Waals surface area contributed by atoms with Crippen molar-refractivity contribution in [2.45, 2.75) is 26.6 Å². The van der Waals surface area contributed by atoms with Gasteiger partial charge in [-0.25, -0.2) is 5.84 Å². The number of carbonyl (C=O) groups is 1. The second kappa shape index (κ2) is 9.49. The summed E-state index contributed by atoms with van der Waals surface area (Å²) in [5.41, 5.74) is -0.449. The molecule has 0 spiro atoms. The molecule has 0 atom stereocenters. The molecule has 0 aliphatic carbocycles. The fourth-order valence-corrected chi connectivity index (χ4v) is 3.92. The number of nitrogens with two attached hydrogens (primary N) is 1. The van der Waals surface area contributed by atoms with Crippen molar-refractivity contribution in [2.24, 2.45) is 5.84 Å². The van der Waals surface area contributed by atoms with Gasteiger partial charge in [0.15, 0.2) is 0 Å². The summed E-state index contributed by atoms with van der Waals surface area (Å²) < 4.78 is 46.7. The average Bonchev–Trinajstić information content (AvgIpc) is 3.42. The fourth-order valence-electron chi connectivity index (χ4n) is 3.22. The number of alkyl halides is 3. The molecule has 3 heterocycles. The van der Waals surface area contributed by atoms with Gasteiger partial charge in [0.1, 0.15) is 5.82 Å². The molecule has 0 fully saturated rings. The van der Waals surface area contributed by atoms with E-state index in [1.54, 1.807) is 13.0 Å². The molecule has 1 aliphatic heterocycles. The monoisotopic (exact) mass is 464 g/mol. The normalized spacial score (nSPS) is 15.2. The van der Waals surface area contributed by atoms with Crippen LogP contribution in [0.4, 0.5) is 13.2 Å². The van der Waals surface area contributed by atoms with Crippen molar-refractivity contribution >= 4 is 22.8 Å². The summed E-state index contributed by atoms with van der Waals surface area (Å²) in [7, 11) is 0. The molecule has 0 saturated heterocycles. The molecule has 1 amide bonds. The van der Waals surface area contributed by atoms with Gasteiger partial charge in [-0.05, 0) is 37.4 Å². The zero-order valence-corrected chi connectivity index (χ0v) is 18.4. The van der Waals surface area contributed by atoms with Crippen LogP contribution in [0, 0.1) is 0 Å². The molecule has 0 unspecified atom stereocenters. The highest BCUT2D eigenvalue weighted by Gasteiger charge is 2.40. The lowest BCUT2D eigenvalue weighted by atomic mass is 10.00. The Bertz CT molecular complexity index is 1070. The molecule has 0 aromatic carbocycles. The summed E-state index contributed by atoms with van der Waals surface area (Å²) in [5.74, 6) is 5.97. The maximum absolute atomic E-state index is 13.9. The Morgan fingerprint density at radius 2 is 2.12 bits per heavy atom. The SMILES string of the molecule is C=C1C(C(F)(F)F)=CC(c2ccoc2)=CN1/C(=C(\C)C(=O)NCC)N(N)Cc1cccs1. The molecule has 0 radical (unpaired) electrons. The number of nitrogens with zero attached hydrogens (tertiary/aromatic N) is 2. The van der Waals surface area contributed by atoms with Crippen molar-refractivity contribution in [3.8, 4) is 0 Å². The van der Waals surface area contributed by atoms with Crippen LogP contribution in [0.1, 0.15) is 24.3 Å². The molecule has 170 valence electrons. The van der Waals surface area contributed by atoms with Crippen molar-refractivity contribution in [3.05, 3.63) is 88.1 Å². The predicted octanol–water partition coefficient (Wildman–Crippen LogP) is 4.74. The summed E-state index contributed by atoms with van der Waals surface area (Å²) in [6.45, 7) is 7.47. The number of hydrazine groups is 1. The summed E-state index contributed by atoms with van der Waals surface area (Å²) >= 11 is 1.44. The maximum atomic E-state index is 13.9. The van der Waals surface area contributed by atoms with Gasteiger partial charge < -0.3 is 14.6 Å². The van der Waals surface area contributed by atoms with Crippen molar-refractivity contribution in [3.63, 3.8) is 0 Å². The Hall–Kier alpha value is -3.24. The summed E-state index contributed by atoms with van der Waals surface area (Å²) in [4.78, 5) is 14.7. The van der Waals surface area contributed by atoms with E-state index in [1.807, 2.05) is 17.5 Å². The van der Waals surface area contributed by atoms with E-state index in [4.69, 9.17) is 10.3 Å². The Balaban J connectivity index is 2.15. The zero-order valence-electron chi connectivity index (χ0n) is 17.6. The number of likely N-dealkylation sites (N-methyl/N-ethyl adjacent to an activating group) is 1. The average molecular weight is 465 g/mol. The molecule has 1 aliphatic rings. The first-order valence-electron chi connectivity index (χ1n) is 9.69. The fraction of sp³-hybridized carbons (Fsp3) is 0.227. The number of furan rings is 1. The molecule has 6 nitrogen and oxygen atoms in total. The van der Waals surface area contributed by atoms with Gasteiger partial charge in [-0.2, -0.15) is 13.2 Å². The van der Waals surface area contributed by atoms with Gasteiger partial charge >= 0.3 is 6.18 Å². The van der Waals surface area contributed by atoms with Crippen molar-refractivity contribution in [2.75, 3.05) is 6.54 Å². The highest BCUT2D eigenvalue weighted by atomic mass is 32.1. The van der Waals surface area contributed by atoms with Crippen LogP contribution < -0.4 is 11.2 Å². The summed E-state index contributed by atoms with van der Waals surface area (Å²) in [6, 6.07) is 5.24. The molecule has 10 heteroatoms. The van der Waals surface area contributed by atoms with E-state index >= 15 is 0 Å². The number of rotatable bonds is 7. The smallest absolute Gasteiger partial charge is 0.418 e. The van der Waals surface area contributed by atoms with Crippen LogP contribution in [-0.4, -0.2) is 28.5 Å². The van der Waals surface area contributed by atoms with Crippen LogP contribution >= 0.6 is 11.3 Å². The van der Waals surface area contributed by atoms with Gasteiger partial charge in [0, 0.05) is 28.8 Å². The Labute approximate surface area is 187 Å². The number of carbonyl (C=O) groups excluding carboxylic acids is 1. The molecule has 0 bridgehead atoms. The number of halogens is 3. The van der Waals surface area contributed by atoms with Crippen molar-refractivity contribution < 1.29 is 22.4 Å². The van der Waals surface area contributed by atoms with Gasteiger partial charge in [0.25, 0.3) is 5.91 Å². The van der Waals surface area contributed by atoms with Crippen LogP contribution in [-0.2, 0) is 11.3 Å².